The third-order valence-corrected chi connectivity index (χ3v) is 5.97. The van der Waals surface area contributed by atoms with E-state index >= 15 is 0 Å². The molecule has 5 nitrogen and oxygen atoms in total. The van der Waals surface area contributed by atoms with Crippen LogP contribution in [0.5, 0.6) is 0 Å². The van der Waals surface area contributed by atoms with Gasteiger partial charge in [0.15, 0.2) is 0 Å². The zero-order valence-electron chi connectivity index (χ0n) is 12.1. The van der Waals surface area contributed by atoms with Crippen molar-refractivity contribution in [1.29, 1.82) is 0 Å². The largest absolute Gasteiger partial charge is 0.317 e. The van der Waals surface area contributed by atoms with Crippen molar-refractivity contribution in [3.05, 3.63) is 0 Å². The van der Waals surface area contributed by atoms with E-state index in [1.54, 1.807) is 0 Å². The van der Waals surface area contributed by atoms with Crippen LogP contribution in [0.25, 0.3) is 0 Å². The Morgan fingerprint density at radius 1 is 1.21 bits per heavy atom. The summed E-state index contributed by atoms with van der Waals surface area (Å²) in [6.07, 6.45) is 6.05. The summed E-state index contributed by atoms with van der Waals surface area (Å²) in [6, 6.07) is 1.75. The van der Waals surface area contributed by atoms with E-state index in [1.807, 2.05) is 14.0 Å². The maximum absolute atomic E-state index is 11.8. The van der Waals surface area contributed by atoms with Gasteiger partial charge in [0.25, 0.3) is 0 Å². The number of piperidine rings is 2. The van der Waals surface area contributed by atoms with Crippen LogP contribution in [0.2, 0.25) is 0 Å². The highest BCUT2D eigenvalue weighted by atomic mass is 32.2. The van der Waals surface area contributed by atoms with Crippen LogP contribution in [0.15, 0.2) is 0 Å². The van der Waals surface area contributed by atoms with Crippen molar-refractivity contribution < 1.29 is 8.42 Å². The highest BCUT2D eigenvalue weighted by Crippen LogP contribution is 2.33. The van der Waals surface area contributed by atoms with Gasteiger partial charge in [-0.25, -0.2) is 13.1 Å². The number of nitrogens with one attached hydrogen (secondary N) is 2. The normalized spacial score (nSPS) is 32.4. The second kappa shape index (κ2) is 6.52. The van der Waals surface area contributed by atoms with E-state index in [0.29, 0.717) is 31.2 Å². The molecule has 0 aromatic rings. The number of nitrogens with zero attached hydrogens (tertiary/aromatic N) is 1. The van der Waals surface area contributed by atoms with Gasteiger partial charge in [-0.1, -0.05) is 13.3 Å². The Hall–Kier alpha value is -0.170. The Kier molecular flexibility index (Phi) is 5.22. The van der Waals surface area contributed by atoms with Gasteiger partial charge in [0, 0.05) is 31.2 Å². The fourth-order valence-electron chi connectivity index (χ4n) is 3.60. The number of fused-ring (bicyclic) bond motifs is 2. The second-order valence-electron chi connectivity index (χ2n) is 5.75. The van der Waals surface area contributed by atoms with Gasteiger partial charge < -0.3 is 5.32 Å². The molecular weight excluding hydrogens is 262 g/mol. The first-order valence-corrected chi connectivity index (χ1v) is 9.11. The van der Waals surface area contributed by atoms with Crippen molar-refractivity contribution >= 4 is 10.0 Å². The third kappa shape index (κ3) is 3.90. The maximum Gasteiger partial charge on any atom is 0.212 e. The highest BCUT2D eigenvalue weighted by Gasteiger charge is 2.37. The van der Waals surface area contributed by atoms with Crippen LogP contribution in [0.1, 0.15) is 39.0 Å². The fourth-order valence-corrected chi connectivity index (χ4v) is 4.63. The molecule has 2 aliphatic heterocycles. The van der Waals surface area contributed by atoms with E-state index in [4.69, 9.17) is 0 Å². The lowest BCUT2D eigenvalue weighted by molar-refractivity contribution is 0.0315. The Balaban J connectivity index is 1.93. The van der Waals surface area contributed by atoms with Gasteiger partial charge >= 0.3 is 0 Å². The average Bonchev–Trinajstić information content (AvgIpc) is 2.35. The molecular formula is C13H27N3O2S. The molecule has 2 fully saturated rings. The minimum absolute atomic E-state index is 0.234. The smallest absolute Gasteiger partial charge is 0.212 e. The molecule has 0 spiro atoms. The van der Waals surface area contributed by atoms with E-state index in [1.165, 1.54) is 19.3 Å². The summed E-state index contributed by atoms with van der Waals surface area (Å²) in [6.45, 7) is 2.99. The van der Waals surface area contributed by atoms with Crippen molar-refractivity contribution in [3.8, 4) is 0 Å². The Morgan fingerprint density at radius 2 is 1.84 bits per heavy atom. The molecule has 0 aromatic carbocycles. The number of sulfonamides is 1. The summed E-state index contributed by atoms with van der Waals surface area (Å²) >= 11 is 0. The molecule has 19 heavy (non-hydrogen) atoms. The topological polar surface area (TPSA) is 61.4 Å². The van der Waals surface area contributed by atoms with E-state index in [0.717, 1.165) is 12.8 Å². The summed E-state index contributed by atoms with van der Waals surface area (Å²) in [4.78, 5) is 2.45. The molecule has 2 atom stereocenters. The molecule has 2 heterocycles. The van der Waals surface area contributed by atoms with Crippen LogP contribution in [0.3, 0.4) is 0 Å². The Bertz CT molecular complexity index is 371. The van der Waals surface area contributed by atoms with Crippen LogP contribution in [0, 0.1) is 0 Å². The highest BCUT2D eigenvalue weighted by molar-refractivity contribution is 7.89. The maximum atomic E-state index is 11.8. The zero-order valence-corrected chi connectivity index (χ0v) is 12.9. The Labute approximate surface area is 117 Å². The predicted octanol–water partition coefficient (Wildman–Crippen LogP) is 0.531. The van der Waals surface area contributed by atoms with Crippen LogP contribution in [0.4, 0.5) is 0 Å². The molecule has 2 aliphatic rings. The molecule has 2 saturated heterocycles. The minimum Gasteiger partial charge on any atom is -0.317 e. The summed E-state index contributed by atoms with van der Waals surface area (Å²) in [5, 5.41) is 3.39. The van der Waals surface area contributed by atoms with E-state index < -0.39 is 10.0 Å². The second-order valence-corrected chi connectivity index (χ2v) is 7.68. The SMILES string of the molecule is CCNS(=O)(=O)CCN1C2CCCC1CC(NC)C2. The van der Waals surface area contributed by atoms with Gasteiger partial charge in [-0.05, 0) is 32.7 Å². The zero-order chi connectivity index (χ0) is 13.9. The molecule has 0 saturated carbocycles. The first-order valence-electron chi connectivity index (χ1n) is 7.46. The van der Waals surface area contributed by atoms with Crippen molar-refractivity contribution in [2.45, 2.75) is 57.2 Å². The first-order chi connectivity index (χ1) is 9.05. The van der Waals surface area contributed by atoms with E-state index in [-0.39, 0.29) is 5.75 Å². The standard InChI is InChI=1S/C13H27N3O2S/c1-3-15-19(17,18)8-7-16-12-5-4-6-13(16)10-11(9-12)14-2/h11-15H,3-10H2,1-2H3. The summed E-state index contributed by atoms with van der Waals surface area (Å²) in [5.41, 5.74) is 0. The van der Waals surface area contributed by atoms with Gasteiger partial charge in [-0.15, -0.1) is 0 Å². The molecule has 0 amide bonds. The van der Waals surface area contributed by atoms with E-state index in [9.17, 15) is 8.42 Å². The molecule has 2 rings (SSSR count). The van der Waals surface area contributed by atoms with Crippen molar-refractivity contribution in [2.24, 2.45) is 0 Å². The fraction of sp³-hybridized carbons (Fsp3) is 1.00. The quantitative estimate of drug-likeness (QED) is 0.749. The van der Waals surface area contributed by atoms with Gasteiger partial charge in [0.2, 0.25) is 10.0 Å². The number of rotatable bonds is 6. The predicted molar refractivity (Wildman–Crippen MR) is 77.7 cm³/mol. The average molecular weight is 289 g/mol. The molecule has 0 radical (unpaired) electrons. The molecule has 0 aliphatic carbocycles. The molecule has 2 unspecified atom stereocenters. The van der Waals surface area contributed by atoms with Crippen molar-refractivity contribution in [1.82, 2.24) is 14.9 Å². The molecule has 112 valence electrons. The lowest BCUT2D eigenvalue weighted by atomic mass is 9.82. The van der Waals surface area contributed by atoms with Gasteiger partial charge in [-0.2, -0.15) is 0 Å². The van der Waals surface area contributed by atoms with E-state index in [2.05, 4.69) is 14.9 Å². The summed E-state index contributed by atoms with van der Waals surface area (Å²) < 4.78 is 26.1. The van der Waals surface area contributed by atoms with Crippen LogP contribution < -0.4 is 10.0 Å². The molecule has 0 aromatic heterocycles. The van der Waals surface area contributed by atoms with Crippen LogP contribution >= 0.6 is 0 Å². The molecule has 2 N–H and O–H groups in total. The summed E-state index contributed by atoms with van der Waals surface area (Å²) in [7, 11) is -1.05. The van der Waals surface area contributed by atoms with Crippen LogP contribution in [-0.4, -0.2) is 57.3 Å². The van der Waals surface area contributed by atoms with Gasteiger partial charge in [0.05, 0.1) is 5.75 Å². The first kappa shape index (κ1) is 15.2. The third-order valence-electron chi connectivity index (χ3n) is 4.52. The lowest BCUT2D eigenvalue weighted by Gasteiger charge is -2.49. The number of hydrogen-bond donors (Lipinski definition) is 2. The van der Waals surface area contributed by atoms with Gasteiger partial charge in [0.1, 0.15) is 0 Å². The minimum atomic E-state index is -3.09. The van der Waals surface area contributed by atoms with Crippen molar-refractivity contribution in [3.63, 3.8) is 0 Å². The van der Waals surface area contributed by atoms with Crippen molar-refractivity contribution in [2.75, 3.05) is 25.9 Å². The molecule has 6 heteroatoms. The summed E-state index contributed by atoms with van der Waals surface area (Å²) in [5.74, 6) is 0.234. The number of hydrogen-bond acceptors (Lipinski definition) is 4. The Morgan fingerprint density at radius 3 is 2.37 bits per heavy atom. The van der Waals surface area contributed by atoms with Gasteiger partial charge in [-0.3, -0.25) is 4.90 Å². The molecule has 2 bridgehead atoms. The monoisotopic (exact) mass is 289 g/mol. The van der Waals surface area contributed by atoms with Crippen LogP contribution in [-0.2, 0) is 10.0 Å². The lowest BCUT2D eigenvalue weighted by Crippen LogP contribution is -2.57.